The monoisotopic (exact) mass is 270 g/mol. The smallest absolute Gasteiger partial charge is 0.332 e. The van der Waals surface area contributed by atoms with E-state index in [9.17, 15) is 10.1 Å². The molecule has 1 aromatic rings. The molecule has 0 amide bonds. The van der Waals surface area contributed by atoms with Crippen LogP contribution in [0.25, 0.3) is 0 Å². The van der Waals surface area contributed by atoms with Gasteiger partial charge in [0.05, 0.1) is 4.92 Å². The van der Waals surface area contributed by atoms with Crippen LogP contribution in [-0.2, 0) is 0 Å². The van der Waals surface area contributed by atoms with E-state index in [1.165, 1.54) is 0 Å². The Morgan fingerprint density at radius 2 is 2.28 bits per heavy atom. The molecule has 98 valence electrons. The second kappa shape index (κ2) is 5.06. The SMILES string of the molecule is CCC1CCCN1c1nc(Cl)nc(C)c1[N+](=O)[O-]. The van der Waals surface area contributed by atoms with Crippen LogP contribution >= 0.6 is 11.6 Å². The average molecular weight is 271 g/mol. The van der Waals surface area contributed by atoms with Gasteiger partial charge in [0.2, 0.25) is 11.1 Å². The third-order valence-electron chi connectivity index (χ3n) is 3.32. The molecule has 1 unspecified atom stereocenters. The molecule has 0 aromatic carbocycles. The highest BCUT2D eigenvalue weighted by Gasteiger charge is 2.32. The van der Waals surface area contributed by atoms with Crippen molar-refractivity contribution in [3.63, 3.8) is 0 Å². The van der Waals surface area contributed by atoms with Gasteiger partial charge in [0.1, 0.15) is 5.69 Å². The number of hydrogen-bond donors (Lipinski definition) is 0. The molecule has 2 rings (SSSR count). The van der Waals surface area contributed by atoms with Crippen molar-refractivity contribution < 1.29 is 4.92 Å². The zero-order valence-electron chi connectivity index (χ0n) is 10.4. The maximum atomic E-state index is 11.2. The molecule has 1 atom stereocenters. The van der Waals surface area contributed by atoms with Crippen LogP contribution in [0.2, 0.25) is 5.28 Å². The fraction of sp³-hybridized carbons (Fsp3) is 0.636. The Morgan fingerprint density at radius 1 is 1.56 bits per heavy atom. The second-order valence-corrected chi connectivity index (χ2v) is 4.74. The largest absolute Gasteiger partial charge is 0.348 e. The van der Waals surface area contributed by atoms with Gasteiger partial charge in [-0.25, -0.2) is 4.98 Å². The first kappa shape index (κ1) is 13.0. The molecule has 7 heteroatoms. The molecule has 1 aliphatic heterocycles. The molecule has 0 radical (unpaired) electrons. The lowest BCUT2D eigenvalue weighted by Gasteiger charge is -2.24. The number of anilines is 1. The van der Waals surface area contributed by atoms with Crippen LogP contribution in [0.4, 0.5) is 11.5 Å². The van der Waals surface area contributed by atoms with Crippen LogP contribution < -0.4 is 4.90 Å². The lowest BCUT2D eigenvalue weighted by molar-refractivity contribution is -0.385. The summed E-state index contributed by atoms with van der Waals surface area (Å²) in [6.45, 7) is 4.45. The van der Waals surface area contributed by atoms with Crippen molar-refractivity contribution >= 4 is 23.1 Å². The normalized spacial score (nSPS) is 19.3. The van der Waals surface area contributed by atoms with Gasteiger partial charge < -0.3 is 4.90 Å². The van der Waals surface area contributed by atoms with Gasteiger partial charge in [0.15, 0.2) is 0 Å². The molecule has 0 saturated carbocycles. The number of aryl methyl sites for hydroxylation is 1. The van der Waals surface area contributed by atoms with Crippen LogP contribution in [0.15, 0.2) is 0 Å². The van der Waals surface area contributed by atoms with Gasteiger partial charge in [-0.2, -0.15) is 4.98 Å². The van der Waals surface area contributed by atoms with Crippen LogP contribution in [-0.4, -0.2) is 27.5 Å². The molecule has 6 nitrogen and oxygen atoms in total. The van der Waals surface area contributed by atoms with Gasteiger partial charge in [-0.3, -0.25) is 10.1 Å². The Balaban J connectivity index is 2.51. The minimum Gasteiger partial charge on any atom is -0.348 e. The maximum Gasteiger partial charge on any atom is 0.332 e. The van der Waals surface area contributed by atoms with Crippen molar-refractivity contribution in [1.29, 1.82) is 0 Å². The standard InChI is InChI=1S/C11H15ClN4O2/c1-3-8-5-4-6-15(8)10-9(16(17)18)7(2)13-11(12)14-10/h8H,3-6H2,1-2H3. The van der Waals surface area contributed by atoms with Gasteiger partial charge in [-0.15, -0.1) is 0 Å². The first-order chi connectivity index (χ1) is 8.54. The summed E-state index contributed by atoms with van der Waals surface area (Å²) in [5.41, 5.74) is 0.288. The third kappa shape index (κ3) is 2.25. The van der Waals surface area contributed by atoms with E-state index in [0.29, 0.717) is 17.6 Å². The van der Waals surface area contributed by atoms with Gasteiger partial charge >= 0.3 is 5.69 Å². The highest BCUT2D eigenvalue weighted by atomic mass is 35.5. The molecule has 2 heterocycles. The second-order valence-electron chi connectivity index (χ2n) is 4.41. The molecule has 0 aliphatic carbocycles. The van der Waals surface area contributed by atoms with Crippen LogP contribution in [0.1, 0.15) is 31.9 Å². The average Bonchev–Trinajstić information content (AvgIpc) is 2.74. The molecule has 0 N–H and O–H groups in total. The summed E-state index contributed by atoms with van der Waals surface area (Å²) in [4.78, 5) is 20.7. The van der Waals surface area contributed by atoms with Crippen molar-refractivity contribution in [2.45, 2.75) is 39.2 Å². The molecule has 0 bridgehead atoms. The summed E-state index contributed by atoms with van der Waals surface area (Å²) >= 11 is 5.82. The molecule has 1 fully saturated rings. The predicted octanol–water partition coefficient (Wildman–Crippen LogP) is 2.73. The number of nitrogens with zero attached hydrogens (tertiary/aromatic N) is 4. The minimum atomic E-state index is -0.425. The van der Waals surface area contributed by atoms with Crippen LogP contribution in [0.3, 0.4) is 0 Å². The number of rotatable bonds is 3. The van der Waals surface area contributed by atoms with Crippen molar-refractivity contribution in [3.8, 4) is 0 Å². The molecule has 1 saturated heterocycles. The Labute approximate surface area is 110 Å². The number of hydrogen-bond acceptors (Lipinski definition) is 5. The lowest BCUT2D eigenvalue weighted by atomic mass is 10.1. The fourth-order valence-electron chi connectivity index (χ4n) is 2.47. The first-order valence-electron chi connectivity index (χ1n) is 5.99. The third-order valence-corrected chi connectivity index (χ3v) is 3.48. The van der Waals surface area contributed by atoms with Crippen LogP contribution in [0.5, 0.6) is 0 Å². The highest BCUT2D eigenvalue weighted by molar-refractivity contribution is 6.28. The van der Waals surface area contributed by atoms with Gasteiger partial charge in [-0.1, -0.05) is 6.92 Å². The topological polar surface area (TPSA) is 72.2 Å². The van der Waals surface area contributed by atoms with E-state index >= 15 is 0 Å². The van der Waals surface area contributed by atoms with Crippen molar-refractivity contribution in [2.24, 2.45) is 0 Å². The number of nitro groups is 1. The summed E-state index contributed by atoms with van der Waals surface area (Å²) in [6, 6.07) is 0.300. The zero-order chi connectivity index (χ0) is 13.3. The molecule has 0 spiro atoms. The summed E-state index contributed by atoms with van der Waals surface area (Å²) < 4.78 is 0. The summed E-state index contributed by atoms with van der Waals surface area (Å²) in [6.07, 6.45) is 3.00. The summed E-state index contributed by atoms with van der Waals surface area (Å²) in [5, 5.41) is 11.2. The van der Waals surface area contributed by atoms with Crippen molar-refractivity contribution in [1.82, 2.24) is 9.97 Å². The number of aromatic nitrogens is 2. The van der Waals surface area contributed by atoms with E-state index in [1.54, 1.807) is 6.92 Å². The Morgan fingerprint density at radius 3 is 2.89 bits per heavy atom. The Hall–Kier alpha value is -1.43. The van der Waals surface area contributed by atoms with E-state index in [1.807, 2.05) is 4.90 Å². The Kier molecular flexibility index (Phi) is 3.65. The van der Waals surface area contributed by atoms with Crippen molar-refractivity contribution in [3.05, 3.63) is 21.1 Å². The van der Waals surface area contributed by atoms with Gasteiger partial charge in [0, 0.05) is 12.6 Å². The van der Waals surface area contributed by atoms with Gasteiger partial charge in [-0.05, 0) is 37.8 Å². The fourth-order valence-corrected chi connectivity index (χ4v) is 2.68. The maximum absolute atomic E-state index is 11.2. The van der Waals surface area contributed by atoms with E-state index in [2.05, 4.69) is 16.9 Å². The molecule has 18 heavy (non-hydrogen) atoms. The van der Waals surface area contributed by atoms with Crippen molar-refractivity contribution in [2.75, 3.05) is 11.4 Å². The zero-order valence-corrected chi connectivity index (χ0v) is 11.1. The quantitative estimate of drug-likeness (QED) is 0.480. The predicted molar refractivity (Wildman–Crippen MR) is 69.1 cm³/mol. The van der Waals surface area contributed by atoms with E-state index in [4.69, 9.17) is 11.6 Å². The summed E-state index contributed by atoms with van der Waals surface area (Å²) in [7, 11) is 0. The van der Waals surface area contributed by atoms with Crippen LogP contribution in [0, 0.1) is 17.0 Å². The van der Waals surface area contributed by atoms with E-state index in [0.717, 1.165) is 25.8 Å². The molecule has 1 aromatic heterocycles. The lowest BCUT2D eigenvalue weighted by Crippen LogP contribution is -2.30. The van der Waals surface area contributed by atoms with E-state index < -0.39 is 4.92 Å². The molecule has 1 aliphatic rings. The highest BCUT2D eigenvalue weighted by Crippen LogP contribution is 2.35. The van der Waals surface area contributed by atoms with E-state index in [-0.39, 0.29) is 11.0 Å². The first-order valence-corrected chi connectivity index (χ1v) is 6.37. The Bertz CT molecular complexity index is 480. The summed E-state index contributed by atoms with van der Waals surface area (Å²) in [5.74, 6) is 0.363. The minimum absolute atomic E-state index is 0.0280. The molecular formula is C11H15ClN4O2. The number of halogens is 1. The van der Waals surface area contributed by atoms with Gasteiger partial charge in [0.25, 0.3) is 0 Å². The molecular weight excluding hydrogens is 256 g/mol.